The minimum atomic E-state index is -0.400. The van der Waals surface area contributed by atoms with Gasteiger partial charge in [0.1, 0.15) is 29.4 Å². The summed E-state index contributed by atoms with van der Waals surface area (Å²) < 4.78 is 20.7. The van der Waals surface area contributed by atoms with E-state index in [0.717, 1.165) is 60.9 Å². The van der Waals surface area contributed by atoms with E-state index in [4.69, 9.17) is 9.72 Å². The van der Waals surface area contributed by atoms with Crippen LogP contribution in [0.2, 0.25) is 0 Å². The summed E-state index contributed by atoms with van der Waals surface area (Å²) in [5.41, 5.74) is 5.88. The van der Waals surface area contributed by atoms with Gasteiger partial charge in [-0.2, -0.15) is 5.10 Å². The number of ether oxygens (including phenoxy) is 1. The zero-order chi connectivity index (χ0) is 31.0. The third-order valence-electron chi connectivity index (χ3n) is 8.87. The molecule has 1 aliphatic heterocycles. The van der Waals surface area contributed by atoms with E-state index < -0.39 is 5.82 Å². The van der Waals surface area contributed by atoms with Crippen molar-refractivity contribution in [2.45, 2.75) is 32.1 Å². The molecule has 0 unspecified atom stereocenters. The number of carbonyl (C=O) groups excluding carboxylic acids is 1. The zero-order valence-electron chi connectivity index (χ0n) is 25.1. The number of amides is 1. The van der Waals surface area contributed by atoms with Gasteiger partial charge >= 0.3 is 0 Å². The van der Waals surface area contributed by atoms with E-state index in [1.54, 1.807) is 24.8 Å². The fraction of sp³-hybridized carbons (Fsp3) is 0.294. The molecule has 0 bridgehead atoms. The second-order valence-corrected chi connectivity index (χ2v) is 12.0. The maximum Gasteiger partial charge on any atom is 0.227 e. The summed E-state index contributed by atoms with van der Waals surface area (Å²) in [6, 6.07) is 10.3. The van der Waals surface area contributed by atoms with Crippen LogP contribution in [0.25, 0.3) is 56.0 Å². The largest absolute Gasteiger partial charge is 0.492 e. The summed E-state index contributed by atoms with van der Waals surface area (Å²) in [5, 5.41) is 11.4. The van der Waals surface area contributed by atoms with Gasteiger partial charge in [0.2, 0.25) is 5.91 Å². The number of anilines is 1. The standard InChI is InChI=1S/C34H32FN9O2/c35-23-12-21(14-25(15-23)46-11-10-44-8-1-2-9-44)30-32-27(6-7-37-30)40-33(41-32)31-26-16-28(38-19-29(26)42-43-31)22-13-24(18-36-17-22)39-34(45)20-4-3-5-20/h6-7,12-20H,1-5,8-11H2,(H,39,45)(H,40,41)(H,42,43). The number of rotatable bonds is 9. The summed E-state index contributed by atoms with van der Waals surface area (Å²) >= 11 is 0. The molecule has 1 aliphatic carbocycles. The van der Waals surface area contributed by atoms with Crippen molar-refractivity contribution >= 4 is 33.5 Å². The van der Waals surface area contributed by atoms with Crippen LogP contribution in [-0.4, -0.2) is 72.2 Å². The highest BCUT2D eigenvalue weighted by atomic mass is 19.1. The Morgan fingerprint density at radius 2 is 1.87 bits per heavy atom. The monoisotopic (exact) mass is 617 g/mol. The van der Waals surface area contributed by atoms with Crippen molar-refractivity contribution in [1.82, 2.24) is 40.0 Å². The summed E-state index contributed by atoms with van der Waals surface area (Å²) in [4.78, 5) is 36.6. The lowest BCUT2D eigenvalue weighted by Gasteiger charge is -2.24. The number of H-pyrrole nitrogens is 2. The molecule has 1 saturated carbocycles. The number of pyridine rings is 3. The van der Waals surface area contributed by atoms with Gasteiger partial charge in [-0.1, -0.05) is 6.42 Å². The minimum Gasteiger partial charge on any atom is -0.492 e. The molecule has 11 nitrogen and oxygen atoms in total. The summed E-state index contributed by atoms with van der Waals surface area (Å²) in [7, 11) is 0. The van der Waals surface area contributed by atoms with E-state index >= 15 is 0 Å². The molecule has 1 aromatic carbocycles. The normalized spacial score (nSPS) is 15.4. The second kappa shape index (κ2) is 11.9. The number of nitrogens with one attached hydrogen (secondary N) is 3. The molecule has 1 amide bonds. The van der Waals surface area contributed by atoms with E-state index in [0.29, 0.717) is 52.0 Å². The summed E-state index contributed by atoms with van der Waals surface area (Å²) in [6.07, 6.45) is 12.1. The number of likely N-dealkylation sites (tertiary alicyclic amines) is 1. The van der Waals surface area contributed by atoms with Crippen LogP contribution < -0.4 is 10.1 Å². The van der Waals surface area contributed by atoms with E-state index in [1.807, 2.05) is 24.3 Å². The van der Waals surface area contributed by atoms with Crippen LogP contribution in [-0.2, 0) is 4.79 Å². The molecular formula is C34H32FN9O2. The van der Waals surface area contributed by atoms with E-state index in [-0.39, 0.29) is 11.8 Å². The van der Waals surface area contributed by atoms with Crippen LogP contribution in [0.5, 0.6) is 5.75 Å². The molecule has 232 valence electrons. The van der Waals surface area contributed by atoms with Crippen LogP contribution in [0.15, 0.2) is 61.2 Å². The quantitative estimate of drug-likeness (QED) is 0.180. The van der Waals surface area contributed by atoms with E-state index in [1.165, 1.54) is 25.0 Å². The Bertz CT molecular complexity index is 2060. The number of aromatic amines is 2. The molecular weight excluding hydrogens is 585 g/mol. The Hall–Kier alpha value is -5.23. The molecule has 0 radical (unpaired) electrons. The average molecular weight is 618 g/mol. The molecule has 12 heteroatoms. The number of hydrogen-bond donors (Lipinski definition) is 3. The molecule has 46 heavy (non-hydrogen) atoms. The van der Waals surface area contributed by atoms with Crippen LogP contribution in [0.1, 0.15) is 32.1 Å². The third-order valence-corrected chi connectivity index (χ3v) is 8.87. The number of hydrogen-bond acceptors (Lipinski definition) is 8. The first-order chi connectivity index (χ1) is 22.6. The molecule has 2 fully saturated rings. The lowest BCUT2D eigenvalue weighted by molar-refractivity contribution is -0.122. The molecule has 1 saturated heterocycles. The highest BCUT2D eigenvalue weighted by molar-refractivity contribution is 5.97. The van der Waals surface area contributed by atoms with Crippen molar-refractivity contribution in [2.24, 2.45) is 5.92 Å². The Morgan fingerprint density at radius 3 is 2.72 bits per heavy atom. The first-order valence-corrected chi connectivity index (χ1v) is 15.7. The van der Waals surface area contributed by atoms with Gasteiger partial charge in [-0.15, -0.1) is 0 Å². The molecule has 5 aromatic heterocycles. The second-order valence-electron chi connectivity index (χ2n) is 12.0. The minimum absolute atomic E-state index is 0.0315. The lowest BCUT2D eigenvalue weighted by Crippen LogP contribution is -2.28. The predicted octanol–water partition coefficient (Wildman–Crippen LogP) is 5.98. The Balaban J connectivity index is 1.09. The number of imidazole rings is 1. The Morgan fingerprint density at radius 1 is 0.978 bits per heavy atom. The van der Waals surface area contributed by atoms with Crippen molar-refractivity contribution in [3.05, 3.63) is 67.0 Å². The van der Waals surface area contributed by atoms with Gasteiger partial charge in [0, 0.05) is 47.4 Å². The molecule has 8 rings (SSSR count). The molecule has 3 N–H and O–H groups in total. The van der Waals surface area contributed by atoms with Gasteiger partial charge in [-0.25, -0.2) is 9.37 Å². The first-order valence-electron chi connectivity index (χ1n) is 15.7. The van der Waals surface area contributed by atoms with Crippen LogP contribution >= 0.6 is 0 Å². The maximum atomic E-state index is 14.8. The zero-order valence-corrected chi connectivity index (χ0v) is 25.1. The van der Waals surface area contributed by atoms with Crippen LogP contribution in [0.4, 0.5) is 10.1 Å². The highest BCUT2D eigenvalue weighted by Gasteiger charge is 2.25. The third kappa shape index (κ3) is 5.56. The van der Waals surface area contributed by atoms with Crippen molar-refractivity contribution in [2.75, 3.05) is 31.6 Å². The van der Waals surface area contributed by atoms with Gasteiger partial charge in [0.05, 0.1) is 40.5 Å². The van der Waals surface area contributed by atoms with Gasteiger partial charge in [-0.3, -0.25) is 29.7 Å². The molecule has 6 aromatic rings. The van der Waals surface area contributed by atoms with Crippen LogP contribution in [0.3, 0.4) is 0 Å². The summed E-state index contributed by atoms with van der Waals surface area (Å²) in [6.45, 7) is 3.47. The van der Waals surface area contributed by atoms with Gasteiger partial charge in [-0.05, 0) is 69.1 Å². The van der Waals surface area contributed by atoms with Gasteiger partial charge in [0.25, 0.3) is 0 Å². The van der Waals surface area contributed by atoms with Crippen molar-refractivity contribution < 1.29 is 13.9 Å². The SMILES string of the molecule is O=C(Nc1cncc(-c2cc3c(-c4nc5c(-c6cc(F)cc(OCCN7CCCC7)c6)nccc5[nH]4)n[nH]c3cn2)c1)C1CCC1. The Kier molecular flexibility index (Phi) is 7.33. The predicted molar refractivity (Wildman–Crippen MR) is 173 cm³/mol. The van der Waals surface area contributed by atoms with Crippen molar-refractivity contribution in [1.29, 1.82) is 0 Å². The van der Waals surface area contributed by atoms with Crippen molar-refractivity contribution in [3.63, 3.8) is 0 Å². The van der Waals surface area contributed by atoms with Crippen molar-refractivity contribution in [3.8, 4) is 39.8 Å². The lowest BCUT2D eigenvalue weighted by atomic mass is 9.85. The number of carbonyl (C=O) groups is 1. The maximum absolute atomic E-state index is 14.8. The average Bonchev–Trinajstić information content (AvgIpc) is 3.79. The fourth-order valence-corrected chi connectivity index (χ4v) is 6.16. The number of fused-ring (bicyclic) bond motifs is 2. The van der Waals surface area contributed by atoms with Crippen LogP contribution in [0, 0.1) is 11.7 Å². The van der Waals surface area contributed by atoms with E-state index in [2.05, 4.69) is 40.3 Å². The number of aromatic nitrogens is 7. The number of halogens is 1. The van der Waals surface area contributed by atoms with Gasteiger partial charge in [0.15, 0.2) is 5.82 Å². The number of nitrogens with zero attached hydrogens (tertiary/aromatic N) is 6. The molecule has 2 aliphatic rings. The molecule has 6 heterocycles. The molecule has 0 atom stereocenters. The van der Waals surface area contributed by atoms with Gasteiger partial charge < -0.3 is 15.0 Å². The Labute approximate surface area is 263 Å². The smallest absolute Gasteiger partial charge is 0.227 e. The summed E-state index contributed by atoms with van der Waals surface area (Å²) in [5.74, 6) is 0.702. The highest BCUT2D eigenvalue weighted by Crippen LogP contribution is 2.34. The first kappa shape index (κ1) is 28.3. The fourth-order valence-electron chi connectivity index (χ4n) is 6.16. The topological polar surface area (TPSA) is 138 Å². The number of benzene rings is 1. The van der Waals surface area contributed by atoms with E-state index in [9.17, 15) is 9.18 Å². The molecule has 0 spiro atoms.